The van der Waals surface area contributed by atoms with E-state index >= 15 is 0 Å². The second kappa shape index (κ2) is 12.3. The van der Waals surface area contributed by atoms with Crippen LogP contribution >= 0.6 is 0 Å². The van der Waals surface area contributed by atoms with Gasteiger partial charge >= 0.3 is 0 Å². The Morgan fingerprint density at radius 2 is 1.76 bits per heavy atom. The average Bonchev–Trinajstić information content (AvgIpc) is 3.71. The fraction of sp³-hybridized carbons (Fsp3) is 0.607. The molecule has 1 unspecified atom stereocenters. The maximum Gasteiger partial charge on any atom is 0.227 e. The Morgan fingerprint density at radius 3 is 2.42 bits per heavy atom. The molecule has 0 bridgehead atoms. The van der Waals surface area contributed by atoms with Crippen LogP contribution in [0.15, 0.2) is 24.5 Å². The molecule has 0 spiro atoms. The molecule has 10 heteroatoms. The number of ether oxygens (including phenoxy) is 3. The lowest BCUT2D eigenvalue weighted by Crippen LogP contribution is -2.41. The number of halogens is 2. The fourth-order valence-corrected chi connectivity index (χ4v) is 5.70. The maximum atomic E-state index is 14.6. The van der Waals surface area contributed by atoms with Gasteiger partial charge in [-0.3, -0.25) is 4.79 Å². The van der Waals surface area contributed by atoms with E-state index in [1.165, 1.54) is 18.6 Å². The van der Waals surface area contributed by atoms with Crippen LogP contribution in [-0.2, 0) is 27.3 Å². The lowest BCUT2D eigenvalue weighted by Gasteiger charge is -2.32. The summed E-state index contributed by atoms with van der Waals surface area (Å²) in [7, 11) is 1.66. The van der Waals surface area contributed by atoms with Gasteiger partial charge in [0.1, 0.15) is 17.4 Å². The minimum Gasteiger partial charge on any atom is -0.493 e. The van der Waals surface area contributed by atoms with Crippen molar-refractivity contribution in [1.82, 2.24) is 14.9 Å². The van der Waals surface area contributed by atoms with E-state index in [0.29, 0.717) is 57.3 Å². The molecule has 38 heavy (non-hydrogen) atoms. The molecule has 1 aromatic heterocycles. The molecule has 2 atom stereocenters. The molecular weight excluding hydrogens is 494 g/mol. The first-order valence-corrected chi connectivity index (χ1v) is 13.5. The topological polar surface area (TPSA) is 77.0 Å². The number of carbonyl (C=O) groups excluding carboxylic acids is 1. The first-order chi connectivity index (χ1) is 18.5. The summed E-state index contributed by atoms with van der Waals surface area (Å²) in [5, 5.41) is 0. The molecule has 1 amide bonds. The zero-order chi connectivity index (χ0) is 26.5. The summed E-state index contributed by atoms with van der Waals surface area (Å²) in [6.45, 7) is 4.63. The first kappa shape index (κ1) is 26.7. The molecule has 206 valence electrons. The van der Waals surface area contributed by atoms with Crippen LogP contribution in [0.3, 0.4) is 0 Å². The number of morpholine rings is 1. The minimum atomic E-state index is -0.741. The summed E-state index contributed by atoms with van der Waals surface area (Å²) in [6, 6.07) is 2.38. The zero-order valence-electron chi connectivity index (χ0n) is 21.9. The Hall–Kier alpha value is -2.85. The van der Waals surface area contributed by atoms with Crippen LogP contribution in [0.1, 0.15) is 36.8 Å². The number of benzene rings is 1. The van der Waals surface area contributed by atoms with Crippen molar-refractivity contribution in [2.45, 2.75) is 38.7 Å². The standard InChI is InChI=1S/C28H36F2N4O4/c1-36-18-19-16-31-28(32-17-19)34-5-2-20(3-6-34)23-12-21(23)4-9-38-22-13-25(29)24(26(30)14-22)15-27(35)33-7-10-37-11-8-33/h13-14,16-17,20-21,23H,2-12,15,18H2,1H3/t21?,23-/m1/s1. The van der Waals surface area contributed by atoms with Crippen LogP contribution in [0.2, 0.25) is 0 Å². The van der Waals surface area contributed by atoms with E-state index in [4.69, 9.17) is 14.2 Å². The number of nitrogens with zero attached hydrogens (tertiary/aromatic N) is 4. The van der Waals surface area contributed by atoms with E-state index in [9.17, 15) is 13.6 Å². The van der Waals surface area contributed by atoms with Gasteiger partial charge in [-0.05, 0) is 43.4 Å². The van der Waals surface area contributed by atoms with Gasteiger partial charge in [0.05, 0.1) is 32.8 Å². The van der Waals surface area contributed by atoms with Crippen molar-refractivity contribution in [3.05, 3.63) is 47.3 Å². The molecular formula is C28H36F2N4O4. The number of methoxy groups -OCH3 is 1. The van der Waals surface area contributed by atoms with Gasteiger partial charge in [0.15, 0.2) is 0 Å². The van der Waals surface area contributed by atoms with Gasteiger partial charge in [0.25, 0.3) is 0 Å². The van der Waals surface area contributed by atoms with Gasteiger partial charge in [-0.2, -0.15) is 0 Å². The number of hydrogen-bond acceptors (Lipinski definition) is 7. The van der Waals surface area contributed by atoms with E-state index < -0.39 is 11.6 Å². The van der Waals surface area contributed by atoms with Crippen LogP contribution in [-0.4, -0.2) is 73.9 Å². The Kier molecular flexibility index (Phi) is 8.68. The molecule has 2 aliphatic heterocycles. The van der Waals surface area contributed by atoms with Crippen LogP contribution in [0.5, 0.6) is 5.75 Å². The highest BCUT2D eigenvalue weighted by Crippen LogP contribution is 2.49. The molecule has 0 radical (unpaired) electrons. The first-order valence-electron chi connectivity index (χ1n) is 13.5. The number of carbonyl (C=O) groups is 1. The maximum absolute atomic E-state index is 14.6. The van der Waals surface area contributed by atoms with E-state index in [0.717, 1.165) is 43.9 Å². The number of hydrogen-bond donors (Lipinski definition) is 0. The van der Waals surface area contributed by atoms with Gasteiger partial charge in [0, 0.05) is 68.9 Å². The quantitative estimate of drug-likeness (QED) is 0.464. The molecule has 3 aliphatic rings. The van der Waals surface area contributed by atoms with Crippen LogP contribution in [0.4, 0.5) is 14.7 Å². The monoisotopic (exact) mass is 530 g/mol. The number of piperidine rings is 1. The van der Waals surface area contributed by atoms with Crippen LogP contribution in [0, 0.1) is 29.4 Å². The fourth-order valence-electron chi connectivity index (χ4n) is 5.70. The number of anilines is 1. The molecule has 1 saturated carbocycles. The number of amides is 1. The zero-order valence-corrected chi connectivity index (χ0v) is 21.9. The SMILES string of the molecule is COCc1cnc(N2CCC([C@H]3CC3CCOc3cc(F)c(CC(=O)N4CCOCC4)c(F)c3)CC2)nc1. The summed E-state index contributed by atoms with van der Waals surface area (Å²) in [5.41, 5.74) is 0.758. The number of rotatable bonds is 10. The summed E-state index contributed by atoms with van der Waals surface area (Å²) >= 11 is 0. The Bertz CT molecular complexity index is 1070. The van der Waals surface area contributed by atoms with E-state index in [1.54, 1.807) is 12.0 Å². The van der Waals surface area contributed by atoms with Crippen molar-refractivity contribution in [2.24, 2.45) is 17.8 Å². The summed E-state index contributed by atoms with van der Waals surface area (Å²) in [6.07, 6.45) is 7.64. The summed E-state index contributed by atoms with van der Waals surface area (Å²) in [5.74, 6) is 1.14. The van der Waals surface area contributed by atoms with Gasteiger partial charge < -0.3 is 24.0 Å². The van der Waals surface area contributed by atoms with Crippen molar-refractivity contribution in [3.63, 3.8) is 0 Å². The molecule has 2 saturated heterocycles. The number of aromatic nitrogens is 2. The van der Waals surface area contributed by atoms with E-state index in [2.05, 4.69) is 14.9 Å². The molecule has 1 aliphatic carbocycles. The summed E-state index contributed by atoms with van der Waals surface area (Å²) in [4.78, 5) is 25.2. The second-order valence-corrected chi connectivity index (χ2v) is 10.5. The van der Waals surface area contributed by atoms with Crippen molar-refractivity contribution in [2.75, 3.05) is 58.0 Å². The van der Waals surface area contributed by atoms with Gasteiger partial charge in [-0.25, -0.2) is 18.7 Å². The smallest absolute Gasteiger partial charge is 0.227 e. The second-order valence-electron chi connectivity index (χ2n) is 10.5. The molecule has 3 heterocycles. The van der Waals surface area contributed by atoms with Crippen LogP contribution in [0.25, 0.3) is 0 Å². The third-order valence-corrected chi connectivity index (χ3v) is 7.97. The van der Waals surface area contributed by atoms with Crippen molar-refractivity contribution >= 4 is 11.9 Å². The average molecular weight is 531 g/mol. The lowest BCUT2D eigenvalue weighted by molar-refractivity contribution is -0.134. The Labute approximate surface area is 222 Å². The third-order valence-electron chi connectivity index (χ3n) is 7.97. The van der Waals surface area contributed by atoms with Gasteiger partial charge in [-0.15, -0.1) is 0 Å². The molecule has 5 rings (SSSR count). The van der Waals surface area contributed by atoms with Crippen molar-refractivity contribution in [1.29, 1.82) is 0 Å². The highest BCUT2D eigenvalue weighted by Gasteiger charge is 2.43. The predicted octanol–water partition coefficient (Wildman–Crippen LogP) is 3.62. The molecule has 2 aromatic rings. The Balaban J connectivity index is 1.03. The molecule has 8 nitrogen and oxygen atoms in total. The van der Waals surface area contributed by atoms with Gasteiger partial charge in [-0.1, -0.05) is 0 Å². The largest absolute Gasteiger partial charge is 0.493 e. The minimum absolute atomic E-state index is 0.171. The molecule has 3 fully saturated rings. The normalized spacial score (nSPS) is 22.0. The van der Waals surface area contributed by atoms with Crippen molar-refractivity contribution < 1.29 is 27.8 Å². The van der Waals surface area contributed by atoms with Crippen molar-refractivity contribution in [3.8, 4) is 5.75 Å². The summed E-state index contributed by atoms with van der Waals surface area (Å²) < 4.78 is 45.3. The third kappa shape index (κ3) is 6.58. The van der Waals surface area contributed by atoms with Gasteiger partial charge in [0.2, 0.25) is 11.9 Å². The van der Waals surface area contributed by atoms with Crippen LogP contribution < -0.4 is 9.64 Å². The Morgan fingerprint density at radius 1 is 1.08 bits per heavy atom. The van der Waals surface area contributed by atoms with E-state index in [1.807, 2.05) is 12.4 Å². The highest BCUT2D eigenvalue weighted by atomic mass is 19.1. The lowest BCUT2D eigenvalue weighted by atomic mass is 9.90. The predicted molar refractivity (Wildman–Crippen MR) is 137 cm³/mol. The highest BCUT2D eigenvalue weighted by molar-refractivity contribution is 5.79. The molecule has 0 N–H and O–H groups in total. The molecule has 1 aromatic carbocycles. The van der Waals surface area contributed by atoms with E-state index in [-0.39, 0.29) is 23.6 Å².